The molecule has 0 aliphatic carbocycles. The van der Waals surface area contributed by atoms with Gasteiger partial charge in [0.1, 0.15) is 5.82 Å². The number of morpholine rings is 1. The van der Waals surface area contributed by atoms with Crippen LogP contribution in [0.1, 0.15) is 6.42 Å². The zero-order valence-corrected chi connectivity index (χ0v) is 11.4. The second kappa shape index (κ2) is 4.16. The van der Waals surface area contributed by atoms with Crippen LogP contribution >= 0.6 is 23.2 Å². The first-order valence-electron chi connectivity index (χ1n) is 6.08. The van der Waals surface area contributed by atoms with Crippen LogP contribution in [0.25, 0.3) is 10.8 Å². The van der Waals surface area contributed by atoms with Crippen molar-refractivity contribution in [3.8, 4) is 0 Å². The molecular weight excluding hydrogens is 287 g/mol. The van der Waals surface area contributed by atoms with Crippen LogP contribution in [0.2, 0.25) is 10.3 Å². The van der Waals surface area contributed by atoms with E-state index in [4.69, 9.17) is 27.9 Å². The summed E-state index contributed by atoms with van der Waals surface area (Å²) in [5, 5.41) is 9.81. The van der Waals surface area contributed by atoms with E-state index in [0.717, 1.165) is 36.2 Å². The molecule has 7 heteroatoms. The van der Waals surface area contributed by atoms with E-state index in [1.165, 1.54) is 0 Å². The summed E-state index contributed by atoms with van der Waals surface area (Å²) in [5.41, 5.74) is 0. The first-order valence-corrected chi connectivity index (χ1v) is 6.83. The predicted molar refractivity (Wildman–Crippen MR) is 72.8 cm³/mol. The molecule has 2 aliphatic rings. The van der Waals surface area contributed by atoms with Crippen molar-refractivity contribution in [1.82, 2.24) is 15.2 Å². The van der Waals surface area contributed by atoms with Gasteiger partial charge >= 0.3 is 0 Å². The highest BCUT2D eigenvalue weighted by molar-refractivity contribution is 6.38. The topological polar surface area (TPSA) is 51.1 Å². The number of pyridine rings is 1. The van der Waals surface area contributed by atoms with Crippen molar-refractivity contribution in [3.05, 3.63) is 22.6 Å². The minimum absolute atomic E-state index is 0.324. The van der Waals surface area contributed by atoms with Gasteiger partial charge in [0.2, 0.25) is 0 Å². The van der Waals surface area contributed by atoms with Crippen molar-refractivity contribution in [2.24, 2.45) is 0 Å². The maximum atomic E-state index is 6.08. The molecule has 0 aromatic carbocycles. The molecule has 2 saturated heterocycles. The highest BCUT2D eigenvalue weighted by Crippen LogP contribution is 2.34. The summed E-state index contributed by atoms with van der Waals surface area (Å²) in [7, 11) is 0. The highest BCUT2D eigenvalue weighted by Gasteiger charge is 2.39. The summed E-state index contributed by atoms with van der Waals surface area (Å²) in [6, 6.07) is 2.35. The van der Waals surface area contributed by atoms with Gasteiger partial charge in [0.05, 0.1) is 18.8 Å². The second-order valence-corrected chi connectivity index (χ2v) is 5.58. The molecule has 4 heterocycles. The summed E-state index contributed by atoms with van der Waals surface area (Å²) in [6.07, 6.45) is 3.11. The Labute approximate surface area is 119 Å². The minimum atomic E-state index is 0.324. The predicted octanol–water partition coefficient (Wildman–Crippen LogP) is 2.31. The van der Waals surface area contributed by atoms with E-state index in [-0.39, 0.29) is 0 Å². The molecule has 0 N–H and O–H groups in total. The van der Waals surface area contributed by atoms with Gasteiger partial charge in [-0.25, -0.2) is 4.98 Å². The van der Waals surface area contributed by atoms with E-state index in [2.05, 4.69) is 20.1 Å². The average molecular weight is 297 g/mol. The van der Waals surface area contributed by atoms with Gasteiger partial charge < -0.3 is 9.64 Å². The fourth-order valence-corrected chi connectivity index (χ4v) is 3.19. The lowest BCUT2D eigenvalue weighted by atomic mass is 10.2. The Balaban J connectivity index is 1.82. The van der Waals surface area contributed by atoms with E-state index in [1.54, 1.807) is 6.20 Å². The van der Waals surface area contributed by atoms with Crippen LogP contribution in [0.5, 0.6) is 0 Å². The number of nitrogens with zero attached hydrogens (tertiary/aromatic N) is 4. The number of halogens is 2. The number of hydrogen-bond acceptors (Lipinski definition) is 5. The lowest BCUT2D eigenvalue weighted by Crippen LogP contribution is -2.37. The van der Waals surface area contributed by atoms with Gasteiger partial charge in [-0.1, -0.05) is 23.2 Å². The normalized spacial score (nSPS) is 25.5. The molecule has 98 valence electrons. The zero-order chi connectivity index (χ0) is 13.0. The number of rotatable bonds is 1. The van der Waals surface area contributed by atoms with Crippen molar-refractivity contribution >= 4 is 39.8 Å². The van der Waals surface area contributed by atoms with Gasteiger partial charge in [-0.3, -0.25) is 0 Å². The standard InChI is InChI=1S/C12H10Cl2N4O/c13-11-8-2-10(15-3-9(8)12(14)17-16-11)18-4-7-1-6(18)5-19-7/h2-3,6-7H,1,4-5H2/t6-,7-/m1/s1. The first-order chi connectivity index (χ1) is 9.22. The Kier molecular flexibility index (Phi) is 2.55. The largest absolute Gasteiger partial charge is 0.374 e. The van der Waals surface area contributed by atoms with Crippen molar-refractivity contribution in [2.75, 3.05) is 18.1 Å². The molecule has 2 bridgehead atoms. The quantitative estimate of drug-likeness (QED) is 0.808. The maximum Gasteiger partial charge on any atom is 0.161 e. The second-order valence-electron chi connectivity index (χ2n) is 4.87. The third-order valence-corrected chi connectivity index (χ3v) is 4.31. The van der Waals surface area contributed by atoms with Crippen molar-refractivity contribution < 1.29 is 4.74 Å². The molecule has 0 saturated carbocycles. The third-order valence-electron chi connectivity index (χ3n) is 3.75. The minimum Gasteiger partial charge on any atom is -0.374 e. The van der Waals surface area contributed by atoms with E-state index in [1.807, 2.05) is 6.07 Å². The molecular formula is C12H10Cl2N4O. The molecule has 2 atom stereocenters. The Hall–Kier alpha value is -1.17. The van der Waals surface area contributed by atoms with E-state index < -0.39 is 0 Å². The molecule has 0 radical (unpaired) electrons. The van der Waals surface area contributed by atoms with E-state index >= 15 is 0 Å². The molecule has 0 spiro atoms. The van der Waals surface area contributed by atoms with Crippen LogP contribution in [0.15, 0.2) is 12.3 Å². The first kappa shape index (κ1) is 11.6. The van der Waals surface area contributed by atoms with Gasteiger partial charge in [-0.15, -0.1) is 10.2 Å². The van der Waals surface area contributed by atoms with Crippen LogP contribution in [0.3, 0.4) is 0 Å². The Morgan fingerprint density at radius 1 is 1.21 bits per heavy atom. The molecule has 2 aromatic rings. The maximum absolute atomic E-state index is 6.08. The fraction of sp³-hybridized carbons (Fsp3) is 0.417. The molecule has 5 nitrogen and oxygen atoms in total. The molecule has 2 fully saturated rings. The monoisotopic (exact) mass is 296 g/mol. The average Bonchev–Trinajstić information content (AvgIpc) is 3.05. The van der Waals surface area contributed by atoms with Crippen LogP contribution in [-0.2, 0) is 4.74 Å². The smallest absolute Gasteiger partial charge is 0.161 e. The summed E-state index contributed by atoms with van der Waals surface area (Å²) in [6.45, 7) is 1.65. The molecule has 19 heavy (non-hydrogen) atoms. The number of ether oxygens (including phenoxy) is 1. The third kappa shape index (κ3) is 1.76. The van der Waals surface area contributed by atoms with Gasteiger partial charge in [0.25, 0.3) is 0 Å². The van der Waals surface area contributed by atoms with Gasteiger partial charge in [0.15, 0.2) is 10.3 Å². The van der Waals surface area contributed by atoms with Gasteiger partial charge in [-0.2, -0.15) is 0 Å². The van der Waals surface area contributed by atoms with Crippen LogP contribution in [0, 0.1) is 0 Å². The van der Waals surface area contributed by atoms with E-state index in [9.17, 15) is 0 Å². The summed E-state index contributed by atoms with van der Waals surface area (Å²) in [5.74, 6) is 0.897. The lowest BCUT2D eigenvalue weighted by molar-refractivity contribution is 0.0989. The zero-order valence-electron chi connectivity index (χ0n) is 9.88. The molecule has 0 amide bonds. The number of aromatic nitrogens is 3. The van der Waals surface area contributed by atoms with Crippen LogP contribution in [0.4, 0.5) is 5.82 Å². The van der Waals surface area contributed by atoms with Crippen molar-refractivity contribution in [1.29, 1.82) is 0 Å². The Morgan fingerprint density at radius 2 is 2.00 bits per heavy atom. The fourth-order valence-electron chi connectivity index (χ4n) is 2.81. The van der Waals surface area contributed by atoms with Gasteiger partial charge in [0, 0.05) is 23.5 Å². The summed E-state index contributed by atoms with van der Waals surface area (Å²) in [4.78, 5) is 6.73. The molecule has 0 unspecified atom stereocenters. The number of hydrogen-bond donors (Lipinski definition) is 0. The summed E-state index contributed by atoms with van der Waals surface area (Å²) >= 11 is 12.1. The summed E-state index contributed by atoms with van der Waals surface area (Å²) < 4.78 is 5.59. The Morgan fingerprint density at radius 3 is 2.68 bits per heavy atom. The van der Waals surface area contributed by atoms with Crippen molar-refractivity contribution in [2.45, 2.75) is 18.6 Å². The van der Waals surface area contributed by atoms with Crippen LogP contribution in [-0.4, -0.2) is 40.5 Å². The van der Waals surface area contributed by atoms with Crippen molar-refractivity contribution in [3.63, 3.8) is 0 Å². The van der Waals surface area contributed by atoms with E-state index in [0.29, 0.717) is 22.5 Å². The highest BCUT2D eigenvalue weighted by atomic mass is 35.5. The SMILES string of the molecule is Clc1nnc(Cl)c2cc(N3C[C@H]4C[C@@H]3CO4)ncc12. The Bertz CT molecular complexity index is 665. The number of fused-ring (bicyclic) bond motifs is 3. The number of anilines is 1. The lowest BCUT2D eigenvalue weighted by Gasteiger charge is -2.28. The molecule has 4 rings (SSSR count). The molecule has 2 aliphatic heterocycles. The molecule has 2 aromatic heterocycles. The van der Waals surface area contributed by atoms with Gasteiger partial charge in [-0.05, 0) is 12.5 Å². The van der Waals surface area contributed by atoms with Crippen LogP contribution < -0.4 is 4.90 Å².